The summed E-state index contributed by atoms with van der Waals surface area (Å²) in [5.74, 6) is 1.78. The maximum absolute atomic E-state index is 5.28. The molecule has 1 aliphatic rings. The van der Waals surface area contributed by atoms with Crippen LogP contribution in [0.15, 0.2) is 47.0 Å². The van der Waals surface area contributed by atoms with Gasteiger partial charge in [-0.25, -0.2) is 0 Å². The molecule has 0 amide bonds. The molecule has 2 rings (SSSR count). The Balaban J connectivity index is 0.000000225. The first-order valence-electron chi connectivity index (χ1n) is 6.12. The molecule has 3 heteroatoms. The molecule has 0 saturated carbocycles. The van der Waals surface area contributed by atoms with Gasteiger partial charge in [-0.05, 0) is 38.1 Å². The summed E-state index contributed by atoms with van der Waals surface area (Å²) in [6.45, 7) is 5.34. The predicted molar refractivity (Wildman–Crippen MR) is 70.6 cm³/mol. The second-order valence-corrected chi connectivity index (χ2v) is 4.28. The van der Waals surface area contributed by atoms with Crippen LogP contribution in [0.3, 0.4) is 0 Å². The molecule has 0 saturated heterocycles. The zero-order valence-electron chi connectivity index (χ0n) is 10.8. The molecule has 2 nitrogen and oxygen atoms in total. The Morgan fingerprint density at radius 3 is 1.72 bits per heavy atom. The average molecular weight is 287 g/mol. The van der Waals surface area contributed by atoms with Crippen molar-refractivity contribution in [2.75, 3.05) is 13.2 Å². The van der Waals surface area contributed by atoms with Crippen molar-refractivity contribution in [1.82, 2.24) is 0 Å². The number of rotatable bonds is 4. The van der Waals surface area contributed by atoms with Crippen LogP contribution in [0.1, 0.15) is 20.3 Å². The third kappa shape index (κ3) is 5.94. The molecule has 0 unspecified atom stereocenters. The number of hydrogen-bond acceptors (Lipinski definition) is 2. The minimum absolute atomic E-state index is 0.702. The van der Waals surface area contributed by atoms with Gasteiger partial charge in [-0.15, -0.1) is 0 Å². The fraction of sp³-hybridized carbons (Fsp3) is 0.333. The van der Waals surface area contributed by atoms with E-state index in [0.29, 0.717) is 13.2 Å². The van der Waals surface area contributed by atoms with Gasteiger partial charge in [0, 0.05) is 0 Å². The molecule has 0 radical (unpaired) electrons. The number of ether oxygens (including phenoxy) is 2. The van der Waals surface area contributed by atoms with Gasteiger partial charge in [-0.1, -0.05) is 0 Å². The first-order chi connectivity index (χ1) is 8.76. The van der Waals surface area contributed by atoms with Crippen molar-refractivity contribution in [2.45, 2.75) is 20.3 Å². The summed E-state index contributed by atoms with van der Waals surface area (Å²) >= 11 is 3.74. The van der Waals surface area contributed by atoms with Crippen molar-refractivity contribution in [3.8, 4) is 11.5 Å². The Morgan fingerprint density at radius 2 is 1.50 bits per heavy atom. The quantitative estimate of drug-likeness (QED) is 0.783. The molecule has 0 spiro atoms. The molecule has 0 heterocycles. The van der Waals surface area contributed by atoms with E-state index in [-0.39, 0.29) is 0 Å². The van der Waals surface area contributed by atoms with Crippen LogP contribution in [0.2, 0.25) is 0 Å². The van der Waals surface area contributed by atoms with E-state index in [1.807, 2.05) is 50.3 Å². The Kier molecular flexibility index (Phi) is 7.31. The van der Waals surface area contributed by atoms with Crippen LogP contribution in [0.4, 0.5) is 0 Å². The molecule has 1 aromatic rings. The molecule has 0 fully saturated rings. The normalized spacial score (nSPS) is 12.5. The van der Waals surface area contributed by atoms with Crippen LogP contribution in [0.25, 0.3) is 0 Å². The average Bonchev–Trinajstić information content (AvgIpc) is 2.84. The van der Waals surface area contributed by atoms with Crippen molar-refractivity contribution in [3.05, 3.63) is 47.0 Å². The fourth-order valence-electron chi connectivity index (χ4n) is 1.38. The molecule has 0 aliphatic heterocycles. The first-order valence-corrected chi connectivity index (χ1v) is 6.67. The van der Waals surface area contributed by atoms with E-state index in [9.17, 15) is 0 Å². The number of allylic oxidation sites excluding steroid dienone is 4. The summed E-state index contributed by atoms with van der Waals surface area (Å²) in [6.07, 6.45) is 7.21. The fourth-order valence-corrected chi connectivity index (χ4v) is 1.62. The monoisotopic (exact) mass is 287 g/mol. The third-order valence-corrected chi connectivity index (χ3v) is 2.57. The summed E-state index contributed by atoms with van der Waals surface area (Å²) in [5, 5.41) is 0. The zero-order chi connectivity index (χ0) is 13.2. The molecule has 0 aromatic heterocycles. The van der Waals surface area contributed by atoms with Crippen LogP contribution in [-0.2, 0) is 16.0 Å². The van der Waals surface area contributed by atoms with E-state index in [1.54, 1.807) is 0 Å². The summed E-state index contributed by atoms with van der Waals surface area (Å²) in [4.78, 5) is 0. The van der Waals surface area contributed by atoms with Crippen LogP contribution in [0, 0.1) is 0 Å². The van der Waals surface area contributed by atoms with E-state index < -0.39 is 0 Å². The molecule has 0 N–H and O–H groups in total. The van der Waals surface area contributed by atoms with Gasteiger partial charge in [0.1, 0.15) is 11.5 Å². The van der Waals surface area contributed by atoms with Gasteiger partial charge < -0.3 is 9.47 Å². The van der Waals surface area contributed by atoms with E-state index in [0.717, 1.165) is 17.9 Å². The summed E-state index contributed by atoms with van der Waals surface area (Å²) in [6, 6.07) is 7.64. The van der Waals surface area contributed by atoms with E-state index in [2.05, 4.69) is 22.1 Å². The van der Waals surface area contributed by atoms with Gasteiger partial charge in [0.15, 0.2) is 0 Å². The molecule has 0 atom stereocenters. The predicted octanol–water partition coefficient (Wildman–Crippen LogP) is 3.86. The van der Waals surface area contributed by atoms with E-state index in [4.69, 9.17) is 9.47 Å². The van der Waals surface area contributed by atoms with Crippen LogP contribution in [-0.4, -0.2) is 13.2 Å². The standard InChI is InChI=1S/C10H14O2.C5H5.Fe/c1-3-11-9-5-7-10(8-6-9)12-4-2;1-2-4-5-3-1;/h5-8H,3-4H2,1-2H3;1-3H,4H2;. The van der Waals surface area contributed by atoms with Crippen molar-refractivity contribution in [2.24, 2.45) is 0 Å². The zero-order valence-corrected chi connectivity index (χ0v) is 11.9. The Hall–Kier alpha value is -1.18. The molecular weight excluding hydrogens is 268 g/mol. The Bertz CT molecular complexity index is 368. The second kappa shape index (κ2) is 8.84. The van der Waals surface area contributed by atoms with Crippen LogP contribution >= 0.6 is 0 Å². The summed E-state index contributed by atoms with van der Waals surface area (Å²) < 4.78 is 11.8. The maximum atomic E-state index is 5.28. The molecular formula is C15H19FeO2. The second-order valence-electron chi connectivity index (χ2n) is 3.57. The Morgan fingerprint density at radius 1 is 1.00 bits per heavy atom. The van der Waals surface area contributed by atoms with E-state index >= 15 is 0 Å². The van der Waals surface area contributed by atoms with Gasteiger partial charge >= 0.3 is 45.1 Å². The van der Waals surface area contributed by atoms with E-state index in [1.165, 1.54) is 4.47 Å². The minimum atomic E-state index is 0.702. The first kappa shape index (κ1) is 14.9. The summed E-state index contributed by atoms with van der Waals surface area (Å²) in [5.41, 5.74) is 0. The van der Waals surface area contributed by atoms with Crippen molar-refractivity contribution in [3.63, 3.8) is 0 Å². The molecule has 18 heavy (non-hydrogen) atoms. The number of hydrogen-bond donors (Lipinski definition) is 0. The van der Waals surface area contributed by atoms with Crippen LogP contribution < -0.4 is 9.47 Å². The number of benzene rings is 1. The van der Waals surface area contributed by atoms with Crippen molar-refractivity contribution < 1.29 is 25.5 Å². The van der Waals surface area contributed by atoms with Gasteiger partial charge in [0.2, 0.25) is 0 Å². The molecule has 99 valence electrons. The van der Waals surface area contributed by atoms with Crippen molar-refractivity contribution in [1.29, 1.82) is 0 Å². The molecule has 0 bridgehead atoms. The molecule has 1 aromatic carbocycles. The van der Waals surface area contributed by atoms with Gasteiger partial charge in [0.25, 0.3) is 0 Å². The topological polar surface area (TPSA) is 18.5 Å². The van der Waals surface area contributed by atoms with Gasteiger partial charge in [-0.3, -0.25) is 0 Å². The van der Waals surface area contributed by atoms with Crippen LogP contribution in [0.5, 0.6) is 11.5 Å². The molecule has 1 aliphatic carbocycles. The Labute approximate surface area is 117 Å². The summed E-state index contributed by atoms with van der Waals surface area (Å²) in [7, 11) is 0. The van der Waals surface area contributed by atoms with Crippen molar-refractivity contribution >= 4 is 0 Å². The third-order valence-electron chi connectivity index (χ3n) is 2.16. The van der Waals surface area contributed by atoms with Gasteiger partial charge in [0.05, 0.1) is 13.2 Å². The van der Waals surface area contributed by atoms with Gasteiger partial charge in [-0.2, -0.15) is 0 Å². The SMILES string of the molecule is CCOc1ccc(OCC)cc1.[Fe][C]1=CC=CC1.